The number of ketones is 1. The molecule has 5 heteroatoms. The maximum absolute atomic E-state index is 12.0. The Bertz CT molecular complexity index is 502. The molecule has 5 nitrogen and oxygen atoms in total. The predicted molar refractivity (Wildman–Crippen MR) is 106 cm³/mol. The molecule has 142 valence electrons. The molecule has 1 aliphatic heterocycles. The molecule has 0 aliphatic carbocycles. The van der Waals surface area contributed by atoms with Gasteiger partial charge in [0.15, 0.2) is 5.78 Å². The summed E-state index contributed by atoms with van der Waals surface area (Å²) in [5.41, 5.74) is 6.31. The third kappa shape index (κ3) is 8.70. The summed E-state index contributed by atoms with van der Waals surface area (Å²) in [4.78, 5) is 14.1. The molecule has 0 spiro atoms. The fraction of sp³-hybridized carbons (Fsp3) is 0.550. The molecule has 0 aromatic heterocycles. The average Bonchev–Trinajstić information content (AvgIpc) is 2.79. The number of nitrogens with zero attached hydrogens (tertiary/aromatic N) is 1. The molecule has 0 saturated heterocycles. The summed E-state index contributed by atoms with van der Waals surface area (Å²) in [6.45, 7) is 8.07. The minimum absolute atomic E-state index is 0.234. The van der Waals surface area contributed by atoms with Crippen LogP contribution in [0.3, 0.4) is 0 Å². The molecular weight excluding hydrogens is 316 g/mol. The molecule has 0 atom stereocenters. The van der Waals surface area contributed by atoms with Gasteiger partial charge in [-0.05, 0) is 45.4 Å². The number of hydrogen-bond donors (Lipinski definition) is 1. The van der Waals surface area contributed by atoms with Crippen molar-refractivity contribution < 1.29 is 14.3 Å². The van der Waals surface area contributed by atoms with Crippen molar-refractivity contribution in [1.29, 1.82) is 0 Å². The first-order chi connectivity index (χ1) is 12.1. The Labute approximate surface area is 152 Å². The van der Waals surface area contributed by atoms with Crippen LogP contribution < -0.4 is 15.4 Å². The van der Waals surface area contributed by atoms with Gasteiger partial charge in [-0.2, -0.15) is 0 Å². The van der Waals surface area contributed by atoms with Crippen LogP contribution >= 0.6 is 0 Å². The summed E-state index contributed by atoms with van der Waals surface area (Å²) < 4.78 is 10.3. The van der Waals surface area contributed by atoms with E-state index in [2.05, 4.69) is 21.9 Å². The number of unbranched alkanes of at least 4 members (excludes halogenated alkanes) is 1. The van der Waals surface area contributed by atoms with E-state index in [1.54, 1.807) is 7.11 Å². The van der Waals surface area contributed by atoms with Crippen LogP contribution in [-0.2, 0) is 4.74 Å². The highest BCUT2D eigenvalue weighted by molar-refractivity contribution is 6.02. The van der Waals surface area contributed by atoms with E-state index in [0.29, 0.717) is 13.0 Å². The Kier molecular flexibility index (Phi) is 13.4. The smallest absolute Gasteiger partial charge is 0.165 e. The number of rotatable bonds is 6. The minimum atomic E-state index is 0.234. The van der Waals surface area contributed by atoms with Crippen molar-refractivity contribution in [2.75, 3.05) is 45.9 Å². The quantitative estimate of drug-likeness (QED) is 0.626. The molecule has 0 bridgehead atoms. The van der Waals surface area contributed by atoms with Crippen LogP contribution in [0.4, 0.5) is 5.69 Å². The molecular formula is C20H34N2O3. The van der Waals surface area contributed by atoms with Crippen molar-refractivity contribution in [2.24, 2.45) is 5.73 Å². The van der Waals surface area contributed by atoms with Crippen LogP contribution in [0, 0.1) is 0 Å². The lowest BCUT2D eigenvalue weighted by Gasteiger charge is -2.19. The summed E-state index contributed by atoms with van der Waals surface area (Å²) in [6, 6.07) is 5.76. The number of nitrogens with two attached hydrogens (primary N) is 1. The first-order valence-corrected chi connectivity index (χ1v) is 8.82. The summed E-state index contributed by atoms with van der Waals surface area (Å²) >= 11 is 0. The number of carbonyl (C=O) groups excluding carboxylic acids is 1. The summed E-state index contributed by atoms with van der Waals surface area (Å²) in [5.74, 6) is 1.07. The second kappa shape index (κ2) is 14.5. The lowest BCUT2D eigenvalue weighted by molar-refractivity contribution is 0.0984. The highest BCUT2D eigenvalue weighted by Crippen LogP contribution is 2.29. The number of allylic oxidation sites excluding steroid dienone is 1. The van der Waals surface area contributed by atoms with E-state index >= 15 is 0 Å². The number of Topliss-reactive ketones (excluding diaryl/α,β-unsaturated/α-hetero) is 1. The fourth-order valence-electron chi connectivity index (χ4n) is 2.30. The van der Waals surface area contributed by atoms with Gasteiger partial charge in [0.05, 0.1) is 12.3 Å². The van der Waals surface area contributed by atoms with Gasteiger partial charge in [-0.25, -0.2) is 0 Å². The van der Waals surface area contributed by atoms with E-state index in [4.69, 9.17) is 4.74 Å². The molecule has 1 aromatic carbocycles. The maximum atomic E-state index is 12.0. The molecule has 1 heterocycles. The molecule has 2 rings (SSSR count). The summed E-state index contributed by atoms with van der Waals surface area (Å²) in [6.07, 6.45) is 5.38. The highest BCUT2D eigenvalue weighted by Gasteiger charge is 2.19. The largest absolute Gasteiger partial charge is 0.494 e. The second-order valence-corrected chi connectivity index (χ2v) is 5.48. The Morgan fingerprint density at radius 2 is 2.04 bits per heavy atom. The average molecular weight is 351 g/mol. The van der Waals surface area contributed by atoms with Crippen molar-refractivity contribution in [2.45, 2.75) is 32.6 Å². The van der Waals surface area contributed by atoms with E-state index in [-0.39, 0.29) is 5.78 Å². The van der Waals surface area contributed by atoms with Gasteiger partial charge in [0, 0.05) is 45.4 Å². The van der Waals surface area contributed by atoms with Crippen molar-refractivity contribution >= 4 is 11.5 Å². The molecule has 0 amide bonds. The monoisotopic (exact) mass is 350 g/mol. The first kappa shape index (κ1) is 23.1. The van der Waals surface area contributed by atoms with Crippen LogP contribution in [0.2, 0.25) is 0 Å². The van der Waals surface area contributed by atoms with Crippen molar-refractivity contribution in [3.63, 3.8) is 0 Å². The first-order valence-electron chi connectivity index (χ1n) is 8.82. The molecule has 25 heavy (non-hydrogen) atoms. The highest BCUT2D eigenvalue weighted by atomic mass is 16.5. The summed E-state index contributed by atoms with van der Waals surface area (Å²) in [5, 5.41) is 0. The van der Waals surface area contributed by atoms with Crippen LogP contribution in [0.1, 0.15) is 43.0 Å². The van der Waals surface area contributed by atoms with Gasteiger partial charge >= 0.3 is 0 Å². The minimum Gasteiger partial charge on any atom is -0.494 e. The number of methoxy groups -OCH3 is 1. The predicted octanol–water partition coefficient (Wildman–Crippen LogP) is 3.67. The van der Waals surface area contributed by atoms with Gasteiger partial charge < -0.3 is 20.1 Å². The Balaban J connectivity index is 0.000000845. The maximum Gasteiger partial charge on any atom is 0.165 e. The lowest BCUT2D eigenvalue weighted by Crippen LogP contribution is -2.17. The van der Waals surface area contributed by atoms with Gasteiger partial charge in [-0.1, -0.05) is 6.08 Å². The molecule has 2 N–H and O–H groups in total. The summed E-state index contributed by atoms with van der Waals surface area (Å²) in [7, 11) is 5.21. The molecule has 0 unspecified atom stereocenters. The van der Waals surface area contributed by atoms with Crippen molar-refractivity contribution in [3.05, 3.63) is 36.4 Å². The molecule has 0 radical (unpaired) electrons. The standard InChI is InChI=1S/C16H21NO2.C3H8O.CH5N/c1-3-4-5-11-19-13-8-9-14-15(12-13)17(2)10-6-7-16(14)18;1-3-4-2;1-2/h3,8-9,12H,1,4-7,10-11H2,2H3;3H2,1-2H3;2H2,1H3. The van der Waals surface area contributed by atoms with Gasteiger partial charge in [0.2, 0.25) is 0 Å². The number of anilines is 1. The zero-order chi connectivity index (χ0) is 19.1. The van der Waals surface area contributed by atoms with Crippen LogP contribution in [-0.4, -0.2) is 46.7 Å². The van der Waals surface area contributed by atoms with Crippen LogP contribution in [0.15, 0.2) is 30.9 Å². The molecule has 1 aromatic rings. The van der Waals surface area contributed by atoms with E-state index in [1.165, 1.54) is 7.05 Å². The van der Waals surface area contributed by atoms with Gasteiger partial charge in [-0.15, -0.1) is 6.58 Å². The zero-order valence-electron chi connectivity index (χ0n) is 16.2. The van der Waals surface area contributed by atoms with E-state index < -0.39 is 0 Å². The zero-order valence-corrected chi connectivity index (χ0v) is 16.2. The van der Waals surface area contributed by atoms with Gasteiger partial charge in [0.1, 0.15) is 5.75 Å². The van der Waals surface area contributed by atoms with Gasteiger partial charge in [0.25, 0.3) is 0 Å². The third-order valence-corrected chi connectivity index (χ3v) is 3.69. The number of hydrogen-bond acceptors (Lipinski definition) is 5. The number of ether oxygens (including phenoxy) is 2. The van der Waals surface area contributed by atoms with Crippen LogP contribution in [0.5, 0.6) is 5.75 Å². The van der Waals surface area contributed by atoms with Crippen LogP contribution in [0.25, 0.3) is 0 Å². The fourth-order valence-corrected chi connectivity index (χ4v) is 2.30. The molecule has 0 fully saturated rings. The lowest BCUT2D eigenvalue weighted by atomic mass is 10.1. The van der Waals surface area contributed by atoms with E-state index in [9.17, 15) is 4.79 Å². The van der Waals surface area contributed by atoms with Gasteiger partial charge in [-0.3, -0.25) is 4.79 Å². The number of benzene rings is 1. The Morgan fingerprint density at radius 1 is 1.36 bits per heavy atom. The second-order valence-electron chi connectivity index (χ2n) is 5.48. The normalized spacial score (nSPS) is 12.7. The third-order valence-electron chi connectivity index (χ3n) is 3.69. The molecule has 0 saturated carbocycles. The van der Waals surface area contributed by atoms with E-state index in [0.717, 1.165) is 49.4 Å². The Hall–Kier alpha value is -1.85. The number of carbonyl (C=O) groups is 1. The SMILES string of the molecule is C=CCCCOc1ccc2c(c1)N(C)CCCC2=O.CCOC.CN. The van der Waals surface area contributed by atoms with Crippen molar-refractivity contribution in [1.82, 2.24) is 0 Å². The van der Waals surface area contributed by atoms with E-state index in [1.807, 2.05) is 38.2 Å². The Morgan fingerprint density at radius 3 is 2.64 bits per heavy atom. The molecule has 1 aliphatic rings. The number of fused-ring (bicyclic) bond motifs is 1. The topological polar surface area (TPSA) is 64.8 Å². The van der Waals surface area contributed by atoms with Crippen molar-refractivity contribution in [3.8, 4) is 5.75 Å².